The van der Waals surface area contributed by atoms with E-state index in [4.69, 9.17) is 14.5 Å². The van der Waals surface area contributed by atoms with Crippen LogP contribution in [0.15, 0.2) is 54.7 Å². The number of nitrogens with one attached hydrogen (secondary N) is 2. The number of aromatic hydroxyl groups is 1. The van der Waals surface area contributed by atoms with Crippen LogP contribution in [0.2, 0.25) is 0 Å². The number of likely N-dealkylation sites (N-methyl/N-ethyl adjacent to an activating group) is 1. The van der Waals surface area contributed by atoms with Crippen molar-refractivity contribution in [2.24, 2.45) is 17.3 Å². The van der Waals surface area contributed by atoms with Gasteiger partial charge in [-0.1, -0.05) is 45.7 Å². The minimum atomic E-state index is -3.62. The van der Waals surface area contributed by atoms with E-state index >= 15 is 8.78 Å². The molecule has 0 aliphatic carbocycles. The number of aromatic nitrogens is 2. The highest BCUT2D eigenvalue weighted by atomic mass is 19.3. The fourth-order valence-corrected chi connectivity index (χ4v) is 10.2. The van der Waals surface area contributed by atoms with E-state index in [2.05, 4.69) is 27.2 Å². The topological polar surface area (TPSA) is 179 Å². The Morgan fingerprint density at radius 2 is 1.81 bits per heavy atom. The molecule has 4 aromatic rings. The normalized spacial score (nSPS) is 20.9. The van der Waals surface area contributed by atoms with Crippen molar-refractivity contribution in [2.75, 3.05) is 61.0 Å². The van der Waals surface area contributed by atoms with Crippen LogP contribution in [0.4, 0.5) is 8.78 Å². The number of carbonyl (C=O) groups excluding carboxylic acids is 5. The SMILES string of the molecule is CCn1c(-c2cccnc2[C@H](C)OC)c2c3cc(ccc31)-c1cc(O)cc(c1)C[C@H](NC(=O)[C@H](C(C)C)N(C)C(=O)[C@H]1CCN(C(=O)C#CCN(C)C)C1)C(=O)N1CCC(F)(F)[C@H](N1)C(=O)OCC(C)(C)C2. The summed E-state index contributed by atoms with van der Waals surface area (Å²) in [5.41, 5.74) is 7.67. The molecule has 6 bridgehead atoms. The summed E-state index contributed by atoms with van der Waals surface area (Å²) in [5.74, 6) is -2.88. The highest BCUT2D eigenvalue weighted by Gasteiger charge is 2.51. The van der Waals surface area contributed by atoms with Gasteiger partial charge in [-0.15, -0.1) is 0 Å². The number of hydrazine groups is 1. The average Bonchev–Trinajstić information content (AvgIpc) is 3.94. The molecule has 0 spiro atoms. The van der Waals surface area contributed by atoms with E-state index in [0.717, 1.165) is 44.0 Å². The number of pyridine rings is 1. The van der Waals surface area contributed by atoms with Crippen LogP contribution in [0.1, 0.15) is 77.3 Å². The van der Waals surface area contributed by atoms with Gasteiger partial charge in [0.15, 0.2) is 6.04 Å². The molecule has 386 valence electrons. The van der Waals surface area contributed by atoms with E-state index in [0.29, 0.717) is 43.6 Å². The first-order valence-electron chi connectivity index (χ1n) is 24.6. The van der Waals surface area contributed by atoms with E-state index in [1.54, 1.807) is 33.2 Å². The Morgan fingerprint density at radius 1 is 1.06 bits per heavy atom. The number of methoxy groups -OCH3 is 1. The van der Waals surface area contributed by atoms with E-state index in [9.17, 15) is 29.1 Å². The third kappa shape index (κ3) is 11.4. The molecule has 2 aromatic carbocycles. The molecule has 7 rings (SSSR count). The quantitative estimate of drug-likeness (QED) is 0.133. The number of hydrogen-bond donors (Lipinski definition) is 3. The number of ether oxygens (including phenoxy) is 2. The van der Waals surface area contributed by atoms with Gasteiger partial charge in [-0.05, 0) is 111 Å². The number of likely N-dealkylation sites (tertiary alicyclic amines) is 1. The fraction of sp³-hybridized carbons (Fsp3) is 0.519. The molecule has 2 fully saturated rings. The minimum absolute atomic E-state index is 0.118. The average molecular weight is 995 g/mol. The monoisotopic (exact) mass is 995 g/mol. The standard InChI is InChI=1S/C54H68F2N8O8/c1-11-63-43-17-16-35-28-40(43)41(47(63)39-14-12-20-57-45(39)33(4)71-10)29-53(5,6)31-72-52(70)48-54(55,56)19-23-64(59-48)51(69)42(26-34-24-37(35)27-38(65)25-34)58-49(67)46(32(2)3)61(9)50(68)36-18-22-62(30-36)44(66)15-13-21-60(7)8/h12,14,16-17,20,24-25,27-28,32-33,36,42,46,48,59,65H,11,18-19,21-23,26,29-31H2,1-10H3,(H,58,67)/t33-,36-,42-,46-,48+/m0/s1. The minimum Gasteiger partial charge on any atom is -0.508 e. The van der Waals surface area contributed by atoms with Crippen LogP contribution in [0.25, 0.3) is 33.3 Å². The Labute approximate surface area is 420 Å². The molecule has 0 saturated carbocycles. The van der Waals surface area contributed by atoms with Crippen LogP contribution in [0, 0.1) is 29.1 Å². The predicted molar refractivity (Wildman–Crippen MR) is 268 cm³/mol. The molecule has 0 unspecified atom stereocenters. The lowest BCUT2D eigenvalue weighted by Crippen LogP contribution is -2.67. The first-order valence-corrected chi connectivity index (χ1v) is 24.6. The number of aryl methyl sites for hydroxylation is 1. The van der Waals surface area contributed by atoms with Gasteiger partial charge in [0, 0.05) is 81.3 Å². The summed E-state index contributed by atoms with van der Waals surface area (Å²) in [7, 11) is 6.80. The lowest BCUT2D eigenvalue weighted by Gasteiger charge is -2.40. The maximum atomic E-state index is 15.9. The van der Waals surface area contributed by atoms with Gasteiger partial charge in [-0.3, -0.25) is 38.9 Å². The van der Waals surface area contributed by atoms with E-state index in [1.165, 1.54) is 22.9 Å². The van der Waals surface area contributed by atoms with Crippen molar-refractivity contribution in [3.8, 4) is 40.0 Å². The number of hydrogen-bond acceptors (Lipinski definition) is 11. The van der Waals surface area contributed by atoms with Gasteiger partial charge in [0.1, 0.15) is 17.8 Å². The molecule has 16 nitrogen and oxygen atoms in total. The van der Waals surface area contributed by atoms with Gasteiger partial charge in [0.25, 0.3) is 17.7 Å². The first kappa shape index (κ1) is 53.4. The molecule has 5 heterocycles. The second-order valence-electron chi connectivity index (χ2n) is 20.7. The molecular formula is C54H68F2N8O8. The summed E-state index contributed by atoms with van der Waals surface area (Å²) < 4.78 is 45.5. The molecule has 4 amide bonds. The number of cyclic esters (lactones) is 1. The van der Waals surface area contributed by atoms with Crippen molar-refractivity contribution in [1.82, 2.24) is 40.0 Å². The number of nitrogens with zero attached hydrogens (tertiary/aromatic N) is 6. The highest BCUT2D eigenvalue weighted by molar-refractivity contribution is 5.97. The molecule has 5 atom stereocenters. The number of phenols is 1. The van der Waals surface area contributed by atoms with Gasteiger partial charge in [0.05, 0.1) is 36.6 Å². The van der Waals surface area contributed by atoms with Gasteiger partial charge in [-0.2, -0.15) is 0 Å². The number of rotatable bonds is 10. The number of halogens is 2. The van der Waals surface area contributed by atoms with Crippen molar-refractivity contribution >= 4 is 40.5 Å². The molecule has 18 heteroatoms. The Morgan fingerprint density at radius 3 is 2.50 bits per heavy atom. The number of phenolic OH excluding ortho intramolecular Hbond substituents is 1. The van der Waals surface area contributed by atoms with Crippen LogP contribution in [0.5, 0.6) is 5.75 Å². The second kappa shape index (κ2) is 21.7. The van der Waals surface area contributed by atoms with Crippen LogP contribution in [0.3, 0.4) is 0 Å². The van der Waals surface area contributed by atoms with Crippen molar-refractivity contribution in [3.05, 3.63) is 71.5 Å². The summed E-state index contributed by atoms with van der Waals surface area (Å²) >= 11 is 0. The number of fused-ring (bicyclic) bond motifs is 6. The molecular weight excluding hydrogens is 927 g/mol. The summed E-state index contributed by atoms with van der Waals surface area (Å²) in [5, 5.41) is 16.0. The lowest BCUT2D eigenvalue weighted by atomic mass is 9.84. The van der Waals surface area contributed by atoms with Crippen LogP contribution in [-0.4, -0.2) is 149 Å². The second-order valence-corrected chi connectivity index (χ2v) is 20.7. The number of alkyl halides is 2. The van der Waals surface area contributed by atoms with Crippen LogP contribution in [-0.2, 0) is 52.8 Å². The van der Waals surface area contributed by atoms with Crippen molar-refractivity contribution in [2.45, 2.75) is 104 Å². The first-order chi connectivity index (χ1) is 34.0. The van der Waals surface area contributed by atoms with Crippen molar-refractivity contribution in [3.63, 3.8) is 0 Å². The Kier molecular flexibility index (Phi) is 16.1. The largest absolute Gasteiger partial charge is 0.508 e. The fourth-order valence-electron chi connectivity index (χ4n) is 10.2. The maximum absolute atomic E-state index is 15.9. The van der Waals surface area contributed by atoms with Crippen molar-refractivity contribution in [1.29, 1.82) is 0 Å². The van der Waals surface area contributed by atoms with Gasteiger partial charge in [0.2, 0.25) is 11.8 Å². The zero-order chi connectivity index (χ0) is 52.4. The highest BCUT2D eigenvalue weighted by Crippen LogP contribution is 2.42. The third-order valence-corrected chi connectivity index (χ3v) is 13.9. The molecule has 3 aliphatic rings. The Balaban J connectivity index is 1.29. The number of benzene rings is 2. The third-order valence-electron chi connectivity index (χ3n) is 13.9. The Hall–Kier alpha value is -6.42. The van der Waals surface area contributed by atoms with E-state index in [1.807, 2.05) is 83.1 Å². The summed E-state index contributed by atoms with van der Waals surface area (Å²) in [6, 6.07) is 9.95. The van der Waals surface area contributed by atoms with Gasteiger partial charge >= 0.3 is 5.97 Å². The van der Waals surface area contributed by atoms with Crippen molar-refractivity contribution < 1.29 is 47.3 Å². The summed E-state index contributed by atoms with van der Waals surface area (Å²) in [6.45, 7) is 11.9. The van der Waals surface area contributed by atoms with E-state index in [-0.39, 0.29) is 37.3 Å². The molecule has 3 aliphatic heterocycles. The number of esters is 1. The molecule has 2 aromatic heterocycles. The number of amides is 4. The summed E-state index contributed by atoms with van der Waals surface area (Å²) in [6.07, 6.45) is 0.957. The van der Waals surface area contributed by atoms with Crippen LogP contribution >= 0.6 is 0 Å². The van der Waals surface area contributed by atoms with Gasteiger partial charge < -0.3 is 34.3 Å². The zero-order valence-corrected chi connectivity index (χ0v) is 43.0. The Bertz CT molecular complexity index is 2780. The molecule has 2 saturated heterocycles. The summed E-state index contributed by atoms with van der Waals surface area (Å²) in [4.78, 5) is 79.6. The molecule has 72 heavy (non-hydrogen) atoms. The van der Waals surface area contributed by atoms with Gasteiger partial charge in [-0.25, -0.2) is 14.2 Å². The smallest absolute Gasteiger partial charge is 0.331 e. The molecule has 3 N–H and O–H groups in total. The van der Waals surface area contributed by atoms with E-state index < -0.39 is 78.0 Å². The molecule has 0 radical (unpaired) electrons. The van der Waals surface area contributed by atoms with Crippen LogP contribution < -0.4 is 10.7 Å². The number of carbonyl (C=O) groups is 5. The predicted octanol–water partition coefficient (Wildman–Crippen LogP) is 5.59. The zero-order valence-electron chi connectivity index (χ0n) is 43.0. The maximum Gasteiger partial charge on any atom is 0.331 e. The lowest BCUT2D eigenvalue weighted by molar-refractivity contribution is -0.176.